The topological polar surface area (TPSA) is 58.4 Å². The number of piperazine rings is 1. The van der Waals surface area contributed by atoms with E-state index >= 15 is 0 Å². The van der Waals surface area contributed by atoms with E-state index in [9.17, 15) is 10.1 Å². The van der Waals surface area contributed by atoms with Gasteiger partial charge < -0.3 is 5.32 Å². The fourth-order valence-corrected chi connectivity index (χ4v) is 4.54. The van der Waals surface area contributed by atoms with Crippen molar-refractivity contribution in [2.45, 2.75) is 38.1 Å². The summed E-state index contributed by atoms with van der Waals surface area (Å²) in [5.74, 6) is 0.658. The van der Waals surface area contributed by atoms with Crippen molar-refractivity contribution in [2.75, 3.05) is 26.2 Å². The number of thiophene rings is 1. The molecule has 0 bridgehead atoms. The molecule has 21 heavy (non-hydrogen) atoms. The number of nitrogens with zero attached hydrogens (tertiary/aromatic N) is 2. The average molecular weight is 309 g/mol. The summed E-state index contributed by atoms with van der Waals surface area (Å²) in [7, 11) is 0. The molecule has 0 aromatic carbocycles. The summed E-state index contributed by atoms with van der Waals surface area (Å²) in [5, 5.41) is 16.7. The van der Waals surface area contributed by atoms with Gasteiger partial charge in [-0.1, -0.05) is 30.6 Å². The zero-order chi connectivity index (χ0) is 14.7. The smallest absolute Gasteiger partial charge is 0.314 e. The quantitative estimate of drug-likeness (QED) is 0.685. The lowest BCUT2D eigenvalue weighted by molar-refractivity contribution is -0.380. The van der Waals surface area contributed by atoms with Crippen LogP contribution in [0.2, 0.25) is 0 Å². The molecule has 0 spiro atoms. The van der Waals surface area contributed by atoms with Crippen LogP contribution in [0.25, 0.3) is 0 Å². The SMILES string of the molecule is O=[N+]([O-])c1cc([C@@H](C2CCCCC2)N2CCNCC2)cs1. The van der Waals surface area contributed by atoms with E-state index in [0.29, 0.717) is 12.0 Å². The highest BCUT2D eigenvalue weighted by Gasteiger charge is 2.32. The molecule has 0 radical (unpaired) electrons. The van der Waals surface area contributed by atoms with Gasteiger partial charge in [0.05, 0.1) is 4.92 Å². The first-order chi connectivity index (χ1) is 10.3. The number of nitro groups is 1. The number of nitrogens with one attached hydrogen (secondary N) is 1. The first-order valence-electron chi connectivity index (χ1n) is 7.93. The molecular formula is C15H23N3O2S. The molecule has 2 heterocycles. The van der Waals surface area contributed by atoms with E-state index in [1.807, 2.05) is 11.4 Å². The summed E-state index contributed by atoms with van der Waals surface area (Å²) in [5.41, 5.74) is 1.17. The van der Waals surface area contributed by atoms with Crippen LogP contribution in [0.3, 0.4) is 0 Å². The van der Waals surface area contributed by atoms with E-state index in [0.717, 1.165) is 26.2 Å². The summed E-state index contributed by atoms with van der Waals surface area (Å²) in [6, 6.07) is 2.18. The predicted octanol–water partition coefficient (Wildman–Crippen LogP) is 3.18. The Morgan fingerprint density at radius 1 is 1.29 bits per heavy atom. The molecule has 2 aliphatic rings. The highest BCUT2D eigenvalue weighted by molar-refractivity contribution is 7.13. The van der Waals surface area contributed by atoms with Crippen LogP contribution < -0.4 is 5.32 Å². The van der Waals surface area contributed by atoms with Crippen molar-refractivity contribution in [1.82, 2.24) is 10.2 Å². The van der Waals surface area contributed by atoms with Gasteiger partial charge in [-0.2, -0.15) is 0 Å². The fourth-order valence-electron chi connectivity index (χ4n) is 3.78. The normalized spacial score (nSPS) is 23.0. The van der Waals surface area contributed by atoms with Crippen LogP contribution in [-0.4, -0.2) is 36.0 Å². The standard InChI is InChI=1S/C15H23N3O2S/c19-18(20)14-10-13(11-21-14)15(12-4-2-1-3-5-12)17-8-6-16-7-9-17/h10-12,15-16H,1-9H2/t15-/m1/s1. The third-order valence-electron chi connectivity index (χ3n) is 4.77. The lowest BCUT2D eigenvalue weighted by atomic mass is 9.81. The molecule has 3 rings (SSSR count). The molecule has 1 atom stereocenters. The first-order valence-corrected chi connectivity index (χ1v) is 8.81. The van der Waals surface area contributed by atoms with Gasteiger partial charge in [0, 0.05) is 43.7 Å². The van der Waals surface area contributed by atoms with Gasteiger partial charge >= 0.3 is 5.00 Å². The number of hydrogen-bond acceptors (Lipinski definition) is 5. The maximum Gasteiger partial charge on any atom is 0.324 e. The summed E-state index contributed by atoms with van der Waals surface area (Å²) < 4.78 is 0. The lowest BCUT2D eigenvalue weighted by Crippen LogP contribution is -2.47. The Hall–Kier alpha value is -0.980. The van der Waals surface area contributed by atoms with Crippen LogP contribution in [0.15, 0.2) is 11.4 Å². The van der Waals surface area contributed by atoms with E-state index in [2.05, 4.69) is 10.2 Å². The molecule has 0 amide bonds. The Kier molecular flexibility index (Phi) is 4.87. The molecule has 1 saturated carbocycles. The van der Waals surface area contributed by atoms with Gasteiger partial charge in [-0.3, -0.25) is 15.0 Å². The third kappa shape index (κ3) is 3.44. The largest absolute Gasteiger partial charge is 0.324 e. The van der Waals surface area contributed by atoms with Gasteiger partial charge in [-0.25, -0.2) is 0 Å². The molecule has 2 fully saturated rings. The van der Waals surface area contributed by atoms with Gasteiger partial charge in [-0.05, 0) is 24.3 Å². The average Bonchev–Trinajstić information content (AvgIpc) is 3.00. The monoisotopic (exact) mass is 309 g/mol. The molecule has 1 saturated heterocycles. The second kappa shape index (κ2) is 6.85. The molecular weight excluding hydrogens is 286 g/mol. The molecule has 1 aromatic rings. The van der Waals surface area contributed by atoms with Gasteiger partial charge in [0.1, 0.15) is 0 Å². The summed E-state index contributed by atoms with van der Waals surface area (Å²) in [6.45, 7) is 4.14. The molecule has 6 heteroatoms. The molecule has 1 aliphatic carbocycles. The van der Waals surface area contributed by atoms with E-state index in [4.69, 9.17) is 0 Å². The Morgan fingerprint density at radius 2 is 2.00 bits per heavy atom. The number of rotatable bonds is 4. The van der Waals surface area contributed by atoms with Crippen molar-refractivity contribution in [2.24, 2.45) is 5.92 Å². The minimum Gasteiger partial charge on any atom is -0.314 e. The maximum absolute atomic E-state index is 11.0. The molecule has 1 aromatic heterocycles. The van der Waals surface area contributed by atoms with Crippen molar-refractivity contribution >= 4 is 16.3 Å². The second-order valence-corrected chi connectivity index (χ2v) is 6.99. The van der Waals surface area contributed by atoms with Crippen molar-refractivity contribution < 1.29 is 4.92 Å². The Balaban J connectivity index is 1.84. The second-order valence-electron chi connectivity index (χ2n) is 6.10. The van der Waals surface area contributed by atoms with E-state index < -0.39 is 0 Å². The highest BCUT2D eigenvalue weighted by Crippen LogP contribution is 2.41. The lowest BCUT2D eigenvalue weighted by Gasteiger charge is -2.40. The molecule has 0 unspecified atom stereocenters. The Labute approximate surface area is 129 Å². The van der Waals surface area contributed by atoms with E-state index in [1.54, 1.807) is 0 Å². The van der Waals surface area contributed by atoms with Crippen molar-refractivity contribution in [1.29, 1.82) is 0 Å². The fraction of sp³-hybridized carbons (Fsp3) is 0.733. The van der Waals surface area contributed by atoms with Gasteiger partial charge in [0.25, 0.3) is 0 Å². The van der Waals surface area contributed by atoms with Crippen molar-refractivity contribution in [3.05, 3.63) is 27.1 Å². The summed E-state index contributed by atoms with van der Waals surface area (Å²) in [4.78, 5) is 13.3. The minimum absolute atomic E-state index is 0.260. The molecule has 116 valence electrons. The predicted molar refractivity (Wildman–Crippen MR) is 84.7 cm³/mol. The van der Waals surface area contributed by atoms with E-state index in [-0.39, 0.29) is 9.92 Å². The summed E-state index contributed by atoms with van der Waals surface area (Å²) >= 11 is 1.27. The minimum atomic E-state index is -0.260. The van der Waals surface area contributed by atoms with Gasteiger partial charge in [0.15, 0.2) is 0 Å². The first kappa shape index (κ1) is 14.9. The molecule has 1 aliphatic heterocycles. The maximum atomic E-state index is 11.0. The van der Waals surface area contributed by atoms with Crippen LogP contribution >= 0.6 is 11.3 Å². The molecule has 1 N–H and O–H groups in total. The van der Waals surface area contributed by atoms with E-state index in [1.165, 1.54) is 49.0 Å². The number of hydrogen-bond donors (Lipinski definition) is 1. The zero-order valence-electron chi connectivity index (χ0n) is 12.3. The van der Waals surface area contributed by atoms with Crippen LogP contribution in [0, 0.1) is 16.0 Å². The van der Waals surface area contributed by atoms with Crippen molar-refractivity contribution in [3.63, 3.8) is 0 Å². The summed E-state index contributed by atoms with van der Waals surface area (Å²) in [6.07, 6.45) is 6.48. The van der Waals surface area contributed by atoms with Crippen LogP contribution in [0.1, 0.15) is 43.7 Å². The van der Waals surface area contributed by atoms with Gasteiger partial charge in [-0.15, -0.1) is 0 Å². The van der Waals surface area contributed by atoms with Crippen LogP contribution in [0.5, 0.6) is 0 Å². The van der Waals surface area contributed by atoms with Gasteiger partial charge in [0.2, 0.25) is 0 Å². The van der Waals surface area contributed by atoms with Crippen molar-refractivity contribution in [3.8, 4) is 0 Å². The Morgan fingerprint density at radius 3 is 2.62 bits per heavy atom. The Bertz CT molecular complexity index is 461. The zero-order valence-corrected chi connectivity index (χ0v) is 13.1. The van der Waals surface area contributed by atoms with Crippen LogP contribution in [0.4, 0.5) is 5.00 Å². The third-order valence-corrected chi connectivity index (χ3v) is 5.67. The van der Waals surface area contributed by atoms with Crippen LogP contribution in [-0.2, 0) is 0 Å². The molecule has 5 nitrogen and oxygen atoms in total. The highest BCUT2D eigenvalue weighted by atomic mass is 32.1.